The summed E-state index contributed by atoms with van der Waals surface area (Å²) in [7, 11) is 0. The van der Waals surface area contributed by atoms with Crippen LogP contribution in [0.3, 0.4) is 0 Å². The first-order valence-electron chi connectivity index (χ1n) is 5.87. The number of hydrogen-bond acceptors (Lipinski definition) is 5. The zero-order valence-corrected chi connectivity index (χ0v) is 12.0. The number of aromatic nitrogens is 2. The largest absolute Gasteiger partial charge is 0.411 e. The summed E-state index contributed by atoms with van der Waals surface area (Å²) in [6.45, 7) is 1.59. The molecule has 0 aliphatic heterocycles. The van der Waals surface area contributed by atoms with E-state index in [9.17, 15) is 4.79 Å². The number of carbonyl (C=O) groups excluding carboxylic acids is 1. The van der Waals surface area contributed by atoms with E-state index in [1.165, 1.54) is 11.8 Å². The molecule has 0 saturated heterocycles. The van der Waals surface area contributed by atoms with E-state index in [1.807, 2.05) is 12.1 Å². The number of carbonyl (C=O) groups is 1. The van der Waals surface area contributed by atoms with Gasteiger partial charge >= 0.3 is 0 Å². The average Bonchev–Trinajstić information content (AvgIpc) is 2.84. The van der Waals surface area contributed by atoms with Gasteiger partial charge in [0.05, 0.1) is 0 Å². The molecule has 0 bridgehead atoms. The molecular weight excluding hydrogens is 284 g/mol. The smallest absolute Gasteiger partial charge is 0.276 e. The maximum absolute atomic E-state index is 10.8. The standard InChI is InChI=1S/C13H13ClN2O2S/c1-9(17)3-2-8-19-13-16-15-12(18-13)10-4-6-11(14)7-5-10/h4-7H,2-3,8H2,1H3. The first-order valence-corrected chi connectivity index (χ1v) is 7.23. The SMILES string of the molecule is CC(=O)CCCSc1nnc(-c2ccc(Cl)cc2)o1. The Hall–Kier alpha value is -1.33. The van der Waals surface area contributed by atoms with Gasteiger partial charge in [0.25, 0.3) is 5.22 Å². The lowest BCUT2D eigenvalue weighted by molar-refractivity contribution is -0.117. The third-order valence-corrected chi connectivity index (χ3v) is 3.55. The molecule has 1 aromatic heterocycles. The van der Waals surface area contributed by atoms with E-state index >= 15 is 0 Å². The molecule has 2 rings (SSSR count). The second kappa shape index (κ2) is 6.73. The van der Waals surface area contributed by atoms with Crippen LogP contribution in [-0.2, 0) is 4.79 Å². The van der Waals surface area contributed by atoms with Gasteiger partial charge in [0.2, 0.25) is 5.89 Å². The first kappa shape index (κ1) is 14.1. The van der Waals surface area contributed by atoms with Crippen LogP contribution in [0.2, 0.25) is 5.02 Å². The maximum Gasteiger partial charge on any atom is 0.276 e. The summed E-state index contributed by atoms with van der Waals surface area (Å²) in [5.74, 6) is 1.47. The molecule has 0 unspecified atom stereocenters. The van der Waals surface area contributed by atoms with Crippen molar-refractivity contribution in [3.63, 3.8) is 0 Å². The van der Waals surface area contributed by atoms with Gasteiger partial charge in [-0.05, 0) is 37.6 Å². The van der Waals surface area contributed by atoms with E-state index in [1.54, 1.807) is 19.1 Å². The van der Waals surface area contributed by atoms with E-state index < -0.39 is 0 Å². The quantitative estimate of drug-likeness (QED) is 0.598. The van der Waals surface area contributed by atoms with Gasteiger partial charge in [0.15, 0.2) is 0 Å². The van der Waals surface area contributed by atoms with Gasteiger partial charge in [-0.1, -0.05) is 23.4 Å². The number of rotatable bonds is 6. The van der Waals surface area contributed by atoms with Crippen LogP contribution in [0, 0.1) is 0 Å². The molecule has 1 heterocycles. The van der Waals surface area contributed by atoms with Crippen LogP contribution >= 0.6 is 23.4 Å². The Labute approximate surface area is 120 Å². The molecule has 2 aromatic rings. The van der Waals surface area contributed by atoms with Crippen molar-refractivity contribution in [3.05, 3.63) is 29.3 Å². The Morgan fingerprint density at radius 2 is 2.05 bits per heavy atom. The molecule has 6 heteroatoms. The van der Waals surface area contributed by atoms with E-state index in [0.29, 0.717) is 22.6 Å². The Kier molecular flexibility index (Phi) is 4.99. The summed E-state index contributed by atoms with van der Waals surface area (Å²) in [5, 5.41) is 9.13. The summed E-state index contributed by atoms with van der Waals surface area (Å²) >= 11 is 7.28. The van der Waals surface area contributed by atoms with Gasteiger partial charge in [-0.3, -0.25) is 0 Å². The van der Waals surface area contributed by atoms with Crippen LogP contribution in [-0.4, -0.2) is 21.7 Å². The number of nitrogens with zero attached hydrogens (tertiary/aromatic N) is 2. The Morgan fingerprint density at radius 3 is 2.74 bits per heavy atom. The fourth-order valence-corrected chi connectivity index (χ4v) is 2.28. The Morgan fingerprint density at radius 1 is 1.32 bits per heavy atom. The van der Waals surface area contributed by atoms with Gasteiger partial charge in [-0.15, -0.1) is 10.2 Å². The molecule has 0 amide bonds. The summed E-state index contributed by atoms with van der Waals surface area (Å²) in [5.41, 5.74) is 0.840. The van der Waals surface area contributed by atoms with Crippen LogP contribution < -0.4 is 0 Å². The second-order valence-corrected chi connectivity index (χ2v) is 5.52. The van der Waals surface area contributed by atoms with Crippen molar-refractivity contribution in [1.82, 2.24) is 10.2 Å². The Bertz CT molecular complexity index is 554. The highest BCUT2D eigenvalue weighted by Gasteiger charge is 2.08. The van der Waals surface area contributed by atoms with Crippen molar-refractivity contribution >= 4 is 29.1 Å². The predicted octanol–water partition coefficient (Wildman–Crippen LogP) is 3.85. The number of benzene rings is 1. The van der Waals surface area contributed by atoms with E-state index in [2.05, 4.69) is 10.2 Å². The van der Waals surface area contributed by atoms with Crippen molar-refractivity contribution in [1.29, 1.82) is 0 Å². The van der Waals surface area contributed by atoms with E-state index in [4.69, 9.17) is 16.0 Å². The highest BCUT2D eigenvalue weighted by atomic mass is 35.5. The molecular formula is C13H13ClN2O2S. The van der Waals surface area contributed by atoms with Crippen molar-refractivity contribution in [2.24, 2.45) is 0 Å². The normalized spacial score (nSPS) is 10.6. The lowest BCUT2D eigenvalue weighted by atomic mass is 10.2. The van der Waals surface area contributed by atoms with Crippen LogP contribution in [0.5, 0.6) is 0 Å². The van der Waals surface area contributed by atoms with E-state index in [0.717, 1.165) is 17.7 Å². The summed E-state index contributed by atoms with van der Waals surface area (Å²) in [4.78, 5) is 10.8. The zero-order valence-electron chi connectivity index (χ0n) is 10.4. The van der Waals surface area contributed by atoms with Crippen molar-refractivity contribution in [2.75, 3.05) is 5.75 Å². The molecule has 0 atom stereocenters. The molecule has 0 aliphatic rings. The summed E-state index contributed by atoms with van der Waals surface area (Å²) in [6.07, 6.45) is 1.41. The molecule has 4 nitrogen and oxygen atoms in total. The molecule has 0 saturated carbocycles. The molecule has 0 fully saturated rings. The summed E-state index contributed by atoms with van der Waals surface area (Å²) in [6, 6.07) is 7.22. The molecule has 19 heavy (non-hydrogen) atoms. The lowest BCUT2D eigenvalue weighted by Gasteiger charge is -1.95. The molecule has 0 N–H and O–H groups in total. The van der Waals surface area contributed by atoms with Crippen LogP contribution in [0.1, 0.15) is 19.8 Å². The minimum Gasteiger partial charge on any atom is -0.411 e. The average molecular weight is 297 g/mol. The van der Waals surface area contributed by atoms with Crippen LogP contribution in [0.25, 0.3) is 11.5 Å². The van der Waals surface area contributed by atoms with Gasteiger partial charge < -0.3 is 9.21 Å². The molecule has 0 radical (unpaired) electrons. The predicted molar refractivity (Wildman–Crippen MR) is 75.4 cm³/mol. The highest BCUT2D eigenvalue weighted by molar-refractivity contribution is 7.99. The fourth-order valence-electron chi connectivity index (χ4n) is 1.46. The molecule has 1 aromatic carbocycles. The van der Waals surface area contributed by atoms with Crippen molar-refractivity contribution < 1.29 is 9.21 Å². The minimum absolute atomic E-state index is 0.202. The zero-order chi connectivity index (χ0) is 13.7. The molecule has 100 valence electrons. The van der Waals surface area contributed by atoms with Gasteiger partial charge in [0, 0.05) is 22.8 Å². The molecule has 0 spiro atoms. The summed E-state index contributed by atoms with van der Waals surface area (Å²) < 4.78 is 5.53. The number of ketones is 1. The highest BCUT2D eigenvalue weighted by Crippen LogP contribution is 2.24. The van der Waals surface area contributed by atoms with Crippen LogP contribution in [0.15, 0.2) is 33.9 Å². The van der Waals surface area contributed by atoms with Gasteiger partial charge in [0.1, 0.15) is 5.78 Å². The third-order valence-electron chi connectivity index (χ3n) is 2.40. The van der Waals surface area contributed by atoms with Crippen LogP contribution in [0.4, 0.5) is 0 Å². The second-order valence-electron chi connectivity index (χ2n) is 4.03. The maximum atomic E-state index is 10.8. The number of thioether (sulfide) groups is 1. The first-order chi connectivity index (χ1) is 9.15. The number of hydrogen-bond donors (Lipinski definition) is 0. The topological polar surface area (TPSA) is 56.0 Å². The molecule has 0 aliphatic carbocycles. The Balaban J connectivity index is 1.91. The fraction of sp³-hybridized carbons (Fsp3) is 0.308. The van der Waals surface area contributed by atoms with Gasteiger partial charge in [-0.25, -0.2) is 0 Å². The minimum atomic E-state index is 0.202. The third kappa shape index (κ3) is 4.36. The number of Topliss-reactive ketones (excluding diaryl/α,β-unsaturated/α-hetero) is 1. The number of halogens is 1. The van der Waals surface area contributed by atoms with Crippen molar-refractivity contribution in [3.8, 4) is 11.5 Å². The van der Waals surface area contributed by atoms with Gasteiger partial charge in [-0.2, -0.15) is 0 Å². The lowest BCUT2D eigenvalue weighted by Crippen LogP contribution is -1.90. The monoisotopic (exact) mass is 296 g/mol. The van der Waals surface area contributed by atoms with Crippen molar-refractivity contribution in [2.45, 2.75) is 25.0 Å². The van der Waals surface area contributed by atoms with E-state index in [-0.39, 0.29) is 5.78 Å².